The van der Waals surface area contributed by atoms with Gasteiger partial charge < -0.3 is 10.0 Å². The summed E-state index contributed by atoms with van der Waals surface area (Å²) in [6.45, 7) is 0.872. The van der Waals surface area contributed by atoms with Crippen LogP contribution in [0, 0.1) is 0 Å². The fourth-order valence-electron chi connectivity index (χ4n) is 1.96. The normalized spacial score (nSPS) is 12.6. The molecule has 0 bridgehead atoms. The van der Waals surface area contributed by atoms with Gasteiger partial charge in [0.05, 0.1) is 11.1 Å². The highest BCUT2D eigenvalue weighted by molar-refractivity contribution is 7.99. The van der Waals surface area contributed by atoms with Gasteiger partial charge in [-0.2, -0.15) is 0 Å². The second-order valence-electron chi connectivity index (χ2n) is 5.21. The van der Waals surface area contributed by atoms with Crippen molar-refractivity contribution in [2.75, 3.05) is 20.6 Å². The van der Waals surface area contributed by atoms with Crippen LogP contribution in [0.2, 0.25) is 5.02 Å². The summed E-state index contributed by atoms with van der Waals surface area (Å²) in [5, 5.41) is 10.9. The lowest BCUT2D eigenvalue weighted by atomic mass is 10.1. The number of nitrogens with zero attached hydrogens (tertiary/aromatic N) is 1. The highest BCUT2D eigenvalue weighted by Gasteiger charge is 2.08. The van der Waals surface area contributed by atoms with E-state index in [9.17, 15) is 5.11 Å². The second-order valence-corrected chi connectivity index (χ2v) is 6.73. The Hall–Kier alpha value is -1.00. The Bertz CT molecular complexity index is 571. The average molecular weight is 322 g/mol. The molecule has 0 amide bonds. The van der Waals surface area contributed by atoms with Gasteiger partial charge in [-0.15, -0.1) is 0 Å². The summed E-state index contributed by atoms with van der Waals surface area (Å²) >= 11 is 7.79. The molecule has 1 N–H and O–H groups in total. The quantitative estimate of drug-likeness (QED) is 0.848. The SMILES string of the molecule is CN(C)CCC(O)c1ccc(Sc2ccccc2Cl)cc1. The van der Waals surface area contributed by atoms with Gasteiger partial charge in [-0.05, 0) is 50.3 Å². The third-order valence-electron chi connectivity index (χ3n) is 3.18. The van der Waals surface area contributed by atoms with Gasteiger partial charge in [-0.25, -0.2) is 0 Å². The van der Waals surface area contributed by atoms with Crippen molar-refractivity contribution in [3.05, 3.63) is 59.1 Å². The summed E-state index contributed by atoms with van der Waals surface area (Å²) in [5.41, 5.74) is 0.959. The maximum atomic E-state index is 10.1. The minimum Gasteiger partial charge on any atom is -0.388 e. The Kier molecular flexibility index (Phi) is 6.12. The van der Waals surface area contributed by atoms with Crippen molar-refractivity contribution >= 4 is 23.4 Å². The molecule has 0 aromatic heterocycles. The Balaban J connectivity index is 2.00. The van der Waals surface area contributed by atoms with Gasteiger partial charge in [0.25, 0.3) is 0 Å². The molecule has 0 saturated heterocycles. The first-order valence-electron chi connectivity index (χ1n) is 6.91. The van der Waals surface area contributed by atoms with Crippen molar-refractivity contribution < 1.29 is 5.11 Å². The maximum Gasteiger partial charge on any atom is 0.0802 e. The standard InChI is InChI=1S/C17H20ClNOS/c1-19(2)12-11-16(20)13-7-9-14(10-8-13)21-17-6-4-3-5-15(17)18/h3-10,16,20H,11-12H2,1-2H3. The van der Waals surface area contributed by atoms with Crippen molar-refractivity contribution in [2.45, 2.75) is 22.3 Å². The third-order valence-corrected chi connectivity index (χ3v) is 4.70. The minimum absolute atomic E-state index is 0.410. The molecule has 2 aromatic rings. The molecule has 1 unspecified atom stereocenters. The first-order valence-corrected chi connectivity index (χ1v) is 8.11. The molecule has 0 aliphatic rings. The van der Waals surface area contributed by atoms with Crippen LogP contribution in [0.1, 0.15) is 18.1 Å². The van der Waals surface area contributed by atoms with Gasteiger partial charge in [0, 0.05) is 16.3 Å². The van der Waals surface area contributed by atoms with E-state index in [0.717, 1.165) is 33.3 Å². The zero-order valence-corrected chi connectivity index (χ0v) is 13.9. The lowest BCUT2D eigenvalue weighted by molar-refractivity contribution is 0.154. The van der Waals surface area contributed by atoms with Crippen LogP contribution in [0.3, 0.4) is 0 Å². The van der Waals surface area contributed by atoms with Gasteiger partial charge >= 0.3 is 0 Å². The molecule has 0 aliphatic carbocycles. The maximum absolute atomic E-state index is 10.1. The van der Waals surface area contributed by atoms with Gasteiger partial charge in [0.1, 0.15) is 0 Å². The van der Waals surface area contributed by atoms with E-state index in [1.54, 1.807) is 11.8 Å². The van der Waals surface area contributed by atoms with E-state index in [2.05, 4.69) is 4.90 Å². The molecule has 0 saturated carbocycles. The molecule has 0 aliphatic heterocycles. The summed E-state index contributed by atoms with van der Waals surface area (Å²) in [5.74, 6) is 0. The fourth-order valence-corrected chi connectivity index (χ4v) is 3.05. The monoisotopic (exact) mass is 321 g/mol. The van der Waals surface area contributed by atoms with E-state index in [0.29, 0.717) is 0 Å². The predicted molar refractivity (Wildman–Crippen MR) is 90.1 cm³/mol. The molecule has 2 aromatic carbocycles. The van der Waals surface area contributed by atoms with Gasteiger partial charge in [0.2, 0.25) is 0 Å². The van der Waals surface area contributed by atoms with Crippen LogP contribution >= 0.6 is 23.4 Å². The first-order chi connectivity index (χ1) is 10.1. The number of halogens is 1. The molecule has 0 spiro atoms. The number of hydrogen-bond acceptors (Lipinski definition) is 3. The van der Waals surface area contributed by atoms with E-state index in [1.807, 2.05) is 62.6 Å². The lowest BCUT2D eigenvalue weighted by Gasteiger charge is -2.15. The summed E-state index contributed by atoms with van der Waals surface area (Å²) < 4.78 is 0. The number of benzene rings is 2. The number of hydrogen-bond donors (Lipinski definition) is 1. The molecular weight excluding hydrogens is 302 g/mol. The van der Waals surface area contributed by atoms with E-state index in [4.69, 9.17) is 11.6 Å². The summed E-state index contributed by atoms with van der Waals surface area (Å²) in [6, 6.07) is 15.8. The zero-order chi connectivity index (χ0) is 15.2. The third kappa shape index (κ3) is 5.04. The average Bonchev–Trinajstić information content (AvgIpc) is 2.48. The highest BCUT2D eigenvalue weighted by Crippen LogP contribution is 2.33. The van der Waals surface area contributed by atoms with Crippen molar-refractivity contribution in [1.29, 1.82) is 0 Å². The summed E-state index contributed by atoms with van der Waals surface area (Å²) in [4.78, 5) is 4.23. The van der Waals surface area contributed by atoms with Crippen molar-refractivity contribution in [2.24, 2.45) is 0 Å². The number of aliphatic hydroxyl groups is 1. The van der Waals surface area contributed by atoms with Crippen LogP contribution in [0.4, 0.5) is 0 Å². The van der Waals surface area contributed by atoms with Crippen LogP contribution in [0.25, 0.3) is 0 Å². The van der Waals surface area contributed by atoms with Crippen LogP contribution in [-0.4, -0.2) is 30.6 Å². The van der Waals surface area contributed by atoms with E-state index < -0.39 is 6.10 Å². The van der Waals surface area contributed by atoms with Crippen LogP contribution in [-0.2, 0) is 0 Å². The molecule has 112 valence electrons. The Morgan fingerprint density at radius 2 is 1.76 bits per heavy atom. The number of aliphatic hydroxyl groups excluding tert-OH is 1. The largest absolute Gasteiger partial charge is 0.388 e. The van der Waals surface area contributed by atoms with Gasteiger partial charge in [-0.3, -0.25) is 0 Å². The fraction of sp³-hybridized carbons (Fsp3) is 0.294. The molecule has 0 radical (unpaired) electrons. The predicted octanol–water partition coefficient (Wildman–Crippen LogP) is 4.48. The topological polar surface area (TPSA) is 23.5 Å². The molecule has 0 fully saturated rings. The Labute approximate surface area is 135 Å². The zero-order valence-electron chi connectivity index (χ0n) is 12.3. The lowest BCUT2D eigenvalue weighted by Crippen LogP contribution is -2.15. The molecule has 21 heavy (non-hydrogen) atoms. The number of rotatable bonds is 6. The van der Waals surface area contributed by atoms with Gasteiger partial charge in [-0.1, -0.05) is 47.6 Å². The molecular formula is C17H20ClNOS. The molecule has 4 heteroatoms. The Morgan fingerprint density at radius 3 is 2.38 bits per heavy atom. The minimum atomic E-state index is -0.410. The Morgan fingerprint density at radius 1 is 1.10 bits per heavy atom. The van der Waals surface area contributed by atoms with Crippen LogP contribution in [0.15, 0.2) is 58.3 Å². The van der Waals surface area contributed by atoms with E-state index in [1.165, 1.54) is 0 Å². The van der Waals surface area contributed by atoms with Crippen LogP contribution in [0.5, 0.6) is 0 Å². The smallest absolute Gasteiger partial charge is 0.0802 e. The van der Waals surface area contributed by atoms with E-state index >= 15 is 0 Å². The second kappa shape index (κ2) is 7.85. The van der Waals surface area contributed by atoms with Gasteiger partial charge in [0.15, 0.2) is 0 Å². The first kappa shape index (κ1) is 16.4. The molecule has 0 heterocycles. The van der Waals surface area contributed by atoms with E-state index in [-0.39, 0.29) is 0 Å². The highest BCUT2D eigenvalue weighted by atomic mass is 35.5. The summed E-state index contributed by atoms with van der Waals surface area (Å²) in [7, 11) is 4.02. The molecule has 2 nitrogen and oxygen atoms in total. The molecule has 1 atom stereocenters. The summed E-state index contributed by atoms with van der Waals surface area (Å²) in [6.07, 6.45) is 0.330. The van der Waals surface area contributed by atoms with Crippen molar-refractivity contribution in [1.82, 2.24) is 4.90 Å². The van der Waals surface area contributed by atoms with Crippen LogP contribution < -0.4 is 0 Å². The molecule has 2 rings (SSSR count). The van der Waals surface area contributed by atoms with Crippen molar-refractivity contribution in [3.8, 4) is 0 Å². The van der Waals surface area contributed by atoms with Crippen molar-refractivity contribution in [3.63, 3.8) is 0 Å².